The second-order valence-electron chi connectivity index (χ2n) is 4.36. The average molecular weight is 308 g/mol. The van der Waals surface area contributed by atoms with E-state index < -0.39 is 0 Å². The van der Waals surface area contributed by atoms with Crippen molar-refractivity contribution in [3.8, 4) is 0 Å². The Morgan fingerprint density at radius 3 is 2.50 bits per heavy atom. The van der Waals surface area contributed by atoms with Gasteiger partial charge in [0.05, 0.1) is 4.47 Å². The first kappa shape index (κ1) is 13.1. The van der Waals surface area contributed by atoms with Crippen LogP contribution in [0.5, 0.6) is 0 Å². The molecule has 0 fully saturated rings. The predicted octanol–water partition coefficient (Wildman–Crippen LogP) is 5.07. The molecular weight excluding hydrogens is 293 g/mol. The van der Waals surface area contributed by atoms with Crippen LogP contribution in [0.2, 0.25) is 0 Å². The molecule has 1 N–H and O–H groups in total. The van der Waals surface area contributed by atoms with E-state index in [1.807, 2.05) is 25.1 Å². The van der Waals surface area contributed by atoms with Gasteiger partial charge in [-0.3, -0.25) is 0 Å². The van der Waals surface area contributed by atoms with Gasteiger partial charge < -0.3 is 5.32 Å². The first-order chi connectivity index (χ1) is 8.58. The van der Waals surface area contributed by atoms with Crippen molar-refractivity contribution >= 4 is 21.6 Å². The first-order valence-electron chi connectivity index (χ1n) is 5.85. The second kappa shape index (κ2) is 5.53. The molecule has 18 heavy (non-hydrogen) atoms. The Kier molecular flexibility index (Phi) is 4.02. The molecule has 0 aliphatic carbocycles. The molecule has 1 atom stereocenters. The number of rotatable bonds is 3. The maximum absolute atomic E-state index is 13.3. The summed E-state index contributed by atoms with van der Waals surface area (Å²) in [5, 5.41) is 3.40. The summed E-state index contributed by atoms with van der Waals surface area (Å²) >= 11 is 3.21. The summed E-state index contributed by atoms with van der Waals surface area (Å²) in [5.74, 6) is -0.231. The summed E-state index contributed by atoms with van der Waals surface area (Å²) in [5.41, 5.74) is 3.05. The Morgan fingerprint density at radius 2 is 1.83 bits per heavy atom. The molecule has 94 valence electrons. The van der Waals surface area contributed by atoms with E-state index in [9.17, 15) is 4.39 Å². The molecule has 0 radical (unpaired) electrons. The number of aryl methyl sites for hydroxylation is 1. The molecule has 0 aliphatic rings. The Labute approximate surface area is 115 Å². The first-order valence-corrected chi connectivity index (χ1v) is 6.64. The van der Waals surface area contributed by atoms with E-state index in [1.165, 1.54) is 11.6 Å². The number of hydrogen-bond donors (Lipinski definition) is 1. The van der Waals surface area contributed by atoms with Crippen LogP contribution in [0.4, 0.5) is 10.1 Å². The summed E-state index contributed by atoms with van der Waals surface area (Å²) < 4.78 is 13.8. The Bertz CT molecular complexity index is 540. The summed E-state index contributed by atoms with van der Waals surface area (Å²) in [6.45, 7) is 3.99. The largest absolute Gasteiger partial charge is 0.378 e. The summed E-state index contributed by atoms with van der Waals surface area (Å²) in [6.07, 6.45) is 0. The van der Waals surface area contributed by atoms with Crippen LogP contribution >= 0.6 is 15.9 Å². The molecule has 1 nitrogen and oxygen atoms in total. The van der Waals surface area contributed by atoms with Crippen molar-refractivity contribution < 1.29 is 4.39 Å². The molecule has 0 spiro atoms. The minimum absolute atomic E-state index is 0.183. The zero-order chi connectivity index (χ0) is 13.1. The molecular formula is C15H15BrFN. The van der Waals surface area contributed by atoms with Crippen LogP contribution in [0.3, 0.4) is 0 Å². The molecule has 1 unspecified atom stereocenters. The zero-order valence-electron chi connectivity index (χ0n) is 10.4. The maximum Gasteiger partial charge on any atom is 0.137 e. The number of hydrogen-bond acceptors (Lipinski definition) is 1. The van der Waals surface area contributed by atoms with E-state index in [2.05, 4.69) is 40.3 Å². The van der Waals surface area contributed by atoms with Crippen molar-refractivity contribution in [2.45, 2.75) is 19.9 Å². The Hall–Kier alpha value is -1.35. The van der Waals surface area contributed by atoms with Crippen molar-refractivity contribution in [3.63, 3.8) is 0 Å². The van der Waals surface area contributed by atoms with E-state index >= 15 is 0 Å². The van der Waals surface area contributed by atoms with Gasteiger partial charge in [-0.1, -0.05) is 30.3 Å². The van der Waals surface area contributed by atoms with E-state index in [0.717, 1.165) is 11.3 Å². The lowest BCUT2D eigenvalue weighted by Gasteiger charge is -2.18. The highest BCUT2D eigenvalue weighted by Gasteiger charge is 2.09. The number of halogens is 2. The quantitative estimate of drug-likeness (QED) is 0.834. The van der Waals surface area contributed by atoms with E-state index in [-0.39, 0.29) is 11.9 Å². The smallest absolute Gasteiger partial charge is 0.137 e. The fourth-order valence-corrected chi connectivity index (χ4v) is 2.20. The predicted molar refractivity (Wildman–Crippen MR) is 77.3 cm³/mol. The SMILES string of the molecule is Cc1cc(F)c(Br)cc1NC(C)c1ccccc1. The van der Waals surface area contributed by atoms with Gasteiger partial charge >= 0.3 is 0 Å². The lowest BCUT2D eigenvalue weighted by atomic mass is 10.1. The molecule has 0 heterocycles. The third-order valence-corrected chi connectivity index (χ3v) is 3.55. The number of nitrogens with one attached hydrogen (secondary N) is 1. The highest BCUT2D eigenvalue weighted by Crippen LogP contribution is 2.27. The summed E-state index contributed by atoms with van der Waals surface area (Å²) in [7, 11) is 0. The van der Waals surface area contributed by atoms with Crippen molar-refractivity contribution in [1.29, 1.82) is 0 Å². The van der Waals surface area contributed by atoms with E-state index in [0.29, 0.717) is 4.47 Å². The second-order valence-corrected chi connectivity index (χ2v) is 5.21. The minimum atomic E-state index is -0.231. The number of anilines is 1. The highest BCUT2D eigenvalue weighted by atomic mass is 79.9. The highest BCUT2D eigenvalue weighted by molar-refractivity contribution is 9.10. The Balaban J connectivity index is 2.22. The van der Waals surface area contributed by atoms with Gasteiger partial charge in [0.2, 0.25) is 0 Å². The molecule has 2 rings (SSSR count). The van der Waals surface area contributed by atoms with Crippen LogP contribution in [0.25, 0.3) is 0 Å². The molecule has 3 heteroatoms. The fourth-order valence-electron chi connectivity index (χ4n) is 1.86. The fraction of sp³-hybridized carbons (Fsp3) is 0.200. The van der Waals surface area contributed by atoms with Crippen LogP contribution in [0.1, 0.15) is 24.1 Å². The van der Waals surface area contributed by atoms with Crippen molar-refractivity contribution in [2.75, 3.05) is 5.32 Å². The maximum atomic E-state index is 13.3. The van der Waals surface area contributed by atoms with Crippen molar-refractivity contribution in [3.05, 3.63) is 63.9 Å². The normalized spacial score (nSPS) is 12.2. The molecule has 0 aromatic heterocycles. The molecule has 2 aromatic rings. The third-order valence-electron chi connectivity index (χ3n) is 2.94. The van der Waals surface area contributed by atoms with Crippen LogP contribution < -0.4 is 5.32 Å². The van der Waals surface area contributed by atoms with Gasteiger partial charge in [-0.2, -0.15) is 0 Å². The third kappa shape index (κ3) is 2.91. The number of benzene rings is 2. The van der Waals surface area contributed by atoms with Crippen LogP contribution in [0, 0.1) is 12.7 Å². The standard InChI is InChI=1S/C15H15BrFN/c1-10-8-14(17)13(16)9-15(10)18-11(2)12-6-4-3-5-7-12/h3-9,11,18H,1-2H3. The van der Waals surface area contributed by atoms with Crippen LogP contribution in [-0.2, 0) is 0 Å². The zero-order valence-corrected chi connectivity index (χ0v) is 12.0. The molecule has 2 aromatic carbocycles. The van der Waals surface area contributed by atoms with Gasteiger partial charge in [0.1, 0.15) is 5.82 Å². The summed E-state index contributed by atoms with van der Waals surface area (Å²) in [6, 6.07) is 13.7. The van der Waals surface area contributed by atoms with E-state index in [1.54, 1.807) is 6.07 Å². The lowest BCUT2D eigenvalue weighted by molar-refractivity contribution is 0.620. The van der Waals surface area contributed by atoms with Gasteiger partial charge in [-0.15, -0.1) is 0 Å². The molecule has 0 bridgehead atoms. The van der Waals surface area contributed by atoms with Gasteiger partial charge in [0, 0.05) is 11.7 Å². The van der Waals surface area contributed by atoms with Gasteiger partial charge in [-0.05, 0) is 53.0 Å². The molecule has 0 saturated heterocycles. The topological polar surface area (TPSA) is 12.0 Å². The van der Waals surface area contributed by atoms with Gasteiger partial charge in [0.25, 0.3) is 0 Å². The molecule has 0 saturated carbocycles. The van der Waals surface area contributed by atoms with Crippen molar-refractivity contribution in [1.82, 2.24) is 0 Å². The molecule has 0 aliphatic heterocycles. The van der Waals surface area contributed by atoms with Crippen LogP contribution in [-0.4, -0.2) is 0 Å². The van der Waals surface area contributed by atoms with E-state index in [4.69, 9.17) is 0 Å². The van der Waals surface area contributed by atoms with Crippen molar-refractivity contribution in [2.24, 2.45) is 0 Å². The minimum Gasteiger partial charge on any atom is -0.378 e. The molecule has 0 amide bonds. The lowest BCUT2D eigenvalue weighted by Crippen LogP contribution is -2.07. The summed E-state index contributed by atoms with van der Waals surface area (Å²) in [4.78, 5) is 0. The average Bonchev–Trinajstić information content (AvgIpc) is 2.37. The Morgan fingerprint density at radius 1 is 1.17 bits per heavy atom. The van der Waals surface area contributed by atoms with Gasteiger partial charge in [0.15, 0.2) is 0 Å². The van der Waals surface area contributed by atoms with Crippen LogP contribution in [0.15, 0.2) is 46.9 Å². The van der Waals surface area contributed by atoms with Gasteiger partial charge in [-0.25, -0.2) is 4.39 Å². The monoisotopic (exact) mass is 307 g/mol.